The van der Waals surface area contributed by atoms with Crippen LogP contribution in [0.2, 0.25) is 0 Å². The van der Waals surface area contributed by atoms with Crippen molar-refractivity contribution >= 4 is 5.97 Å². The summed E-state index contributed by atoms with van der Waals surface area (Å²) >= 11 is 0. The summed E-state index contributed by atoms with van der Waals surface area (Å²) in [6, 6.07) is 15.4. The normalized spacial score (nSPS) is 10.3. The molecule has 0 aliphatic rings. The number of esters is 1. The van der Waals surface area contributed by atoms with E-state index in [1.165, 1.54) is 0 Å². The zero-order valence-corrected chi connectivity index (χ0v) is 13.7. The molecule has 0 saturated heterocycles. The number of likely N-dealkylation sites (N-methyl/N-ethyl adjacent to an activating group) is 1. The van der Waals surface area contributed by atoms with Gasteiger partial charge in [0.05, 0.1) is 12.2 Å². The first kappa shape index (κ1) is 17.0. The fraction of sp³-hybridized carbons (Fsp3) is 0.316. The minimum absolute atomic E-state index is 0.296. The van der Waals surface area contributed by atoms with Crippen LogP contribution in [-0.2, 0) is 4.74 Å². The molecule has 23 heavy (non-hydrogen) atoms. The van der Waals surface area contributed by atoms with Crippen LogP contribution in [0.25, 0.3) is 11.1 Å². The molecule has 0 aliphatic carbocycles. The Balaban J connectivity index is 2.00. The average molecular weight is 313 g/mol. The van der Waals surface area contributed by atoms with Gasteiger partial charge >= 0.3 is 5.97 Å². The second-order valence-electron chi connectivity index (χ2n) is 5.19. The first-order valence-corrected chi connectivity index (χ1v) is 7.89. The quantitative estimate of drug-likeness (QED) is 0.598. The first-order valence-electron chi connectivity index (χ1n) is 7.89. The summed E-state index contributed by atoms with van der Waals surface area (Å²) in [7, 11) is 1.82. The summed E-state index contributed by atoms with van der Waals surface area (Å²) < 4.78 is 10.7. The summed E-state index contributed by atoms with van der Waals surface area (Å²) in [5.41, 5.74) is 2.70. The van der Waals surface area contributed by atoms with Crippen molar-refractivity contribution in [1.29, 1.82) is 0 Å². The van der Waals surface area contributed by atoms with E-state index in [-0.39, 0.29) is 5.97 Å². The van der Waals surface area contributed by atoms with Gasteiger partial charge in [-0.25, -0.2) is 4.79 Å². The molecular weight excluding hydrogens is 290 g/mol. The van der Waals surface area contributed by atoms with E-state index in [1.54, 1.807) is 12.1 Å². The monoisotopic (exact) mass is 313 g/mol. The Morgan fingerprint density at radius 2 is 1.57 bits per heavy atom. The standard InChI is InChI=1S/C19H23NO3/c1-3-13-22-18-10-8-16(9-11-18)15-4-6-17(7-5-15)19(21)23-14-12-20-2/h4-11,20H,3,12-14H2,1-2H3. The summed E-state index contributed by atoms with van der Waals surface area (Å²) in [6.07, 6.45) is 0.994. The van der Waals surface area contributed by atoms with E-state index >= 15 is 0 Å². The van der Waals surface area contributed by atoms with Gasteiger partial charge < -0.3 is 14.8 Å². The van der Waals surface area contributed by atoms with Crippen LogP contribution in [0.15, 0.2) is 48.5 Å². The number of nitrogens with one attached hydrogen (secondary N) is 1. The molecule has 0 amide bonds. The Kier molecular flexibility index (Phi) is 6.63. The molecule has 2 aromatic carbocycles. The van der Waals surface area contributed by atoms with Gasteiger partial charge in [-0.2, -0.15) is 0 Å². The third-order valence-electron chi connectivity index (χ3n) is 3.37. The Morgan fingerprint density at radius 1 is 0.957 bits per heavy atom. The molecular formula is C19H23NO3. The van der Waals surface area contributed by atoms with Gasteiger partial charge in [0, 0.05) is 6.54 Å². The number of rotatable bonds is 8. The lowest BCUT2D eigenvalue weighted by molar-refractivity contribution is 0.0510. The zero-order valence-electron chi connectivity index (χ0n) is 13.7. The molecule has 0 spiro atoms. The topological polar surface area (TPSA) is 47.6 Å². The van der Waals surface area contributed by atoms with E-state index in [0.29, 0.717) is 18.7 Å². The predicted molar refractivity (Wildman–Crippen MR) is 91.9 cm³/mol. The van der Waals surface area contributed by atoms with Gasteiger partial charge in [0.25, 0.3) is 0 Å². The van der Waals surface area contributed by atoms with Crippen molar-refractivity contribution in [2.75, 3.05) is 26.8 Å². The molecule has 1 N–H and O–H groups in total. The van der Waals surface area contributed by atoms with Gasteiger partial charge in [0.1, 0.15) is 12.4 Å². The highest BCUT2D eigenvalue weighted by Crippen LogP contribution is 2.23. The van der Waals surface area contributed by atoms with Gasteiger partial charge in [-0.15, -0.1) is 0 Å². The number of ether oxygens (including phenoxy) is 2. The van der Waals surface area contributed by atoms with Crippen molar-refractivity contribution in [1.82, 2.24) is 5.32 Å². The minimum Gasteiger partial charge on any atom is -0.494 e. The Hall–Kier alpha value is -2.33. The first-order chi connectivity index (χ1) is 11.2. The molecule has 0 radical (unpaired) electrons. The van der Waals surface area contributed by atoms with Crippen LogP contribution in [0, 0.1) is 0 Å². The third kappa shape index (κ3) is 5.11. The number of carbonyl (C=O) groups excluding carboxylic acids is 1. The lowest BCUT2D eigenvalue weighted by Crippen LogP contribution is -2.17. The minimum atomic E-state index is -0.296. The Labute approximate surface area is 137 Å². The number of hydrogen-bond donors (Lipinski definition) is 1. The maximum Gasteiger partial charge on any atom is 0.338 e. The second kappa shape index (κ2) is 8.96. The molecule has 0 unspecified atom stereocenters. The van der Waals surface area contributed by atoms with E-state index in [9.17, 15) is 4.79 Å². The van der Waals surface area contributed by atoms with Gasteiger partial charge in [0.2, 0.25) is 0 Å². The van der Waals surface area contributed by atoms with Crippen LogP contribution >= 0.6 is 0 Å². The Morgan fingerprint density at radius 3 is 2.13 bits per heavy atom. The van der Waals surface area contributed by atoms with E-state index in [1.807, 2.05) is 43.4 Å². The van der Waals surface area contributed by atoms with Crippen molar-refractivity contribution < 1.29 is 14.3 Å². The molecule has 0 aliphatic heterocycles. The number of carbonyl (C=O) groups is 1. The molecule has 0 bridgehead atoms. The van der Waals surface area contributed by atoms with Gasteiger partial charge in [-0.1, -0.05) is 31.2 Å². The molecule has 0 fully saturated rings. The van der Waals surface area contributed by atoms with Crippen molar-refractivity contribution in [2.45, 2.75) is 13.3 Å². The molecule has 2 aromatic rings. The van der Waals surface area contributed by atoms with Crippen LogP contribution in [0.3, 0.4) is 0 Å². The molecule has 122 valence electrons. The average Bonchev–Trinajstić information content (AvgIpc) is 2.61. The Bertz CT molecular complexity index is 606. The molecule has 0 atom stereocenters. The van der Waals surface area contributed by atoms with Crippen LogP contribution in [0.1, 0.15) is 23.7 Å². The molecule has 0 saturated carbocycles. The fourth-order valence-electron chi connectivity index (χ4n) is 2.09. The highest BCUT2D eigenvalue weighted by Gasteiger charge is 2.07. The van der Waals surface area contributed by atoms with Gasteiger partial charge in [-0.05, 0) is 48.9 Å². The van der Waals surface area contributed by atoms with Gasteiger partial charge in [0.15, 0.2) is 0 Å². The number of benzene rings is 2. The molecule has 4 nitrogen and oxygen atoms in total. The van der Waals surface area contributed by atoms with Crippen molar-refractivity contribution in [2.24, 2.45) is 0 Å². The maximum atomic E-state index is 11.8. The summed E-state index contributed by atoms with van der Waals surface area (Å²) in [4.78, 5) is 11.8. The summed E-state index contributed by atoms with van der Waals surface area (Å²) in [5.74, 6) is 0.579. The van der Waals surface area contributed by atoms with Crippen LogP contribution < -0.4 is 10.1 Å². The van der Waals surface area contributed by atoms with Crippen LogP contribution in [-0.4, -0.2) is 32.8 Å². The van der Waals surface area contributed by atoms with Crippen molar-refractivity contribution in [3.63, 3.8) is 0 Å². The largest absolute Gasteiger partial charge is 0.494 e. The number of hydrogen-bond acceptors (Lipinski definition) is 4. The summed E-state index contributed by atoms with van der Waals surface area (Å²) in [6.45, 7) is 3.83. The third-order valence-corrected chi connectivity index (χ3v) is 3.37. The molecule has 2 rings (SSSR count). The molecule has 0 heterocycles. The zero-order chi connectivity index (χ0) is 16.5. The lowest BCUT2D eigenvalue weighted by Gasteiger charge is -2.07. The highest BCUT2D eigenvalue weighted by atomic mass is 16.5. The maximum absolute atomic E-state index is 11.8. The highest BCUT2D eigenvalue weighted by molar-refractivity contribution is 5.90. The van der Waals surface area contributed by atoms with Crippen LogP contribution in [0.4, 0.5) is 0 Å². The van der Waals surface area contributed by atoms with E-state index < -0.39 is 0 Å². The van der Waals surface area contributed by atoms with E-state index in [0.717, 1.165) is 29.9 Å². The van der Waals surface area contributed by atoms with E-state index in [4.69, 9.17) is 9.47 Å². The van der Waals surface area contributed by atoms with E-state index in [2.05, 4.69) is 12.2 Å². The lowest BCUT2D eigenvalue weighted by atomic mass is 10.0. The van der Waals surface area contributed by atoms with Crippen molar-refractivity contribution in [3.8, 4) is 16.9 Å². The fourth-order valence-corrected chi connectivity index (χ4v) is 2.09. The van der Waals surface area contributed by atoms with Gasteiger partial charge in [-0.3, -0.25) is 0 Å². The smallest absolute Gasteiger partial charge is 0.338 e. The molecule has 0 aromatic heterocycles. The summed E-state index contributed by atoms with van der Waals surface area (Å²) in [5, 5.41) is 2.93. The predicted octanol–water partition coefficient (Wildman–Crippen LogP) is 3.52. The van der Waals surface area contributed by atoms with Crippen molar-refractivity contribution in [3.05, 3.63) is 54.1 Å². The van der Waals surface area contributed by atoms with Crippen LogP contribution in [0.5, 0.6) is 5.75 Å². The SMILES string of the molecule is CCCOc1ccc(-c2ccc(C(=O)OCCNC)cc2)cc1. The molecule has 4 heteroatoms. The second-order valence-corrected chi connectivity index (χ2v) is 5.19.